The van der Waals surface area contributed by atoms with Gasteiger partial charge in [0.2, 0.25) is 0 Å². The van der Waals surface area contributed by atoms with Gasteiger partial charge in [-0.1, -0.05) is 37.4 Å². The van der Waals surface area contributed by atoms with E-state index in [2.05, 4.69) is 13.2 Å². The number of carbonyl (C=O) groups is 4. The van der Waals surface area contributed by atoms with Gasteiger partial charge in [-0.2, -0.15) is 0 Å². The van der Waals surface area contributed by atoms with E-state index in [0.717, 1.165) is 9.80 Å². The lowest BCUT2D eigenvalue weighted by Gasteiger charge is -2.21. The third-order valence-electron chi connectivity index (χ3n) is 5.06. The molecule has 2 aromatic carbocycles. The smallest absolute Gasteiger partial charge is 0.258 e. The second kappa shape index (κ2) is 9.41. The molecule has 170 valence electrons. The Labute approximate surface area is 195 Å². The average Bonchev–Trinajstić information content (AvgIpc) is 3.35. The Bertz CT molecular complexity index is 1150. The van der Waals surface area contributed by atoms with Crippen LogP contribution in [0.25, 0.3) is 11.1 Å². The molecular formula is C26H20N2O6. The standard InChI is InChI=1S/C26H20N2O6/c1-3-13-33-21-7-5-17(15-19(21)27-23(29)9-10-24(27)30)18-6-8-22(34-14-4-2)20(16-18)28-25(31)11-12-26(28)32/h3-12,15-16H,1-2,13-14H2. The lowest BCUT2D eigenvalue weighted by Crippen LogP contribution is -2.30. The summed E-state index contributed by atoms with van der Waals surface area (Å²) in [7, 11) is 0. The van der Waals surface area contributed by atoms with Gasteiger partial charge in [-0.05, 0) is 35.4 Å². The topological polar surface area (TPSA) is 93.2 Å². The van der Waals surface area contributed by atoms with Crippen molar-refractivity contribution in [3.63, 3.8) is 0 Å². The summed E-state index contributed by atoms with van der Waals surface area (Å²) < 4.78 is 11.3. The van der Waals surface area contributed by atoms with Crippen LogP contribution < -0.4 is 19.3 Å². The quantitative estimate of drug-likeness (QED) is 0.424. The van der Waals surface area contributed by atoms with Gasteiger partial charge in [0, 0.05) is 24.3 Å². The Morgan fingerprint density at radius 2 is 0.971 bits per heavy atom. The Morgan fingerprint density at radius 1 is 0.618 bits per heavy atom. The van der Waals surface area contributed by atoms with E-state index in [1.807, 2.05) is 0 Å². The first-order chi connectivity index (χ1) is 16.4. The molecular weight excluding hydrogens is 436 g/mol. The SMILES string of the molecule is C=CCOc1ccc(-c2ccc(OCC=C)c(N3C(=O)C=CC3=O)c2)cc1N1C(=O)C=CC1=O. The van der Waals surface area contributed by atoms with Gasteiger partial charge in [-0.25, -0.2) is 9.80 Å². The van der Waals surface area contributed by atoms with Crippen LogP contribution >= 0.6 is 0 Å². The van der Waals surface area contributed by atoms with Crippen LogP contribution in [-0.4, -0.2) is 36.8 Å². The van der Waals surface area contributed by atoms with Gasteiger partial charge in [0.05, 0.1) is 11.4 Å². The Morgan fingerprint density at radius 3 is 1.29 bits per heavy atom. The lowest BCUT2D eigenvalue weighted by atomic mass is 10.0. The predicted molar refractivity (Wildman–Crippen MR) is 127 cm³/mol. The van der Waals surface area contributed by atoms with E-state index in [0.29, 0.717) is 22.6 Å². The van der Waals surface area contributed by atoms with Gasteiger partial charge in [0.1, 0.15) is 24.7 Å². The van der Waals surface area contributed by atoms with Crippen LogP contribution in [-0.2, 0) is 19.2 Å². The molecule has 0 atom stereocenters. The summed E-state index contributed by atoms with van der Waals surface area (Å²) in [5.41, 5.74) is 1.78. The number of hydrogen-bond donors (Lipinski definition) is 0. The zero-order valence-corrected chi connectivity index (χ0v) is 18.1. The number of amides is 4. The number of rotatable bonds is 9. The van der Waals surface area contributed by atoms with Crippen LogP contribution in [0.5, 0.6) is 11.5 Å². The minimum atomic E-state index is -0.487. The highest BCUT2D eigenvalue weighted by molar-refractivity contribution is 6.29. The van der Waals surface area contributed by atoms with Crippen LogP contribution in [0.15, 0.2) is 86.0 Å². The van der Waals surface area contributed by atoms with Crippen molar-refractivity contribution in [2.45, 2.75) is 0 Å². The molecule has 0 spiro atoms. The average molecular weight is 456 g/mol. The number of carbonyl (C=O) groups excluding carboxylic acids is 4. The van der Waals surface area contributed by atoms with Gasteiger partial charge in [0.15, 0.2) is 0 Å². The summed E-state index contributed by atoms with van der Waals surface area (Å²) in [6, 6.07) is 10.0. The van der Waals surface area contributed by atoms with Crippen LogP contribution in [0.1, 0.15) is 0 Å². The molecule has 0 radical (unpaired) electrons. The first-order valence-corrected chi connectivity index (χ1v) is 10.3. The van der Waals surface area contributed by atoms with Crippen LogP contribution in [0, 0.1) is 0 Å². The highest BCUT2D eigenvalue weighted by atomic mass is 16.5. The third-order valence-corrected chi connectivity index (χ3v) is 5.06. The molecule has 34 heavy (non-hydrogen) atoms. The minimum absolute atomic E-state index is 0.182. The van der Waals surface area contributed by atoms with E-state index in [-0.39, 0.29) is 24.6 Å². The molecule has 2 aliphatic rings. The number of ether oxygens (including phenoxy) is 2. The highest BCUT2D eigenvalue weighted by Gasteiger charge is 2.30. The van der Waals surface area contributed by atoms with Crippen molar-refractivity contribution in [1.29, 1.82) is 0 Å². The third kappa shape index (κ3) is 4.16. The highest BCUT2D eigenvalue weighted by Crippen LogP contribution is 2.39. The largest absolute Gasteiger partial charge is 0.487 e. The van der Waals surface area contributed by atoms with Gasteiger partial charge >= 0.3 is 0 Å². The van der Waals surface area contributed by atoms with Crippen molar-refractivity contribution < 1.29 is 28.7 Å². The maximum atomic E-state index is 12.3. The van der Waals surface area contributed by atoms with Crippen LogP contribution in [0.4, 0.5) is 11.4 Å². The number of hydrogen-bond acceptors (Lipinski definition) is 6. The fourth-order valence-corrected chi connectivity index (χ4v) is 3.56. The molecule has 0 saturated carbocycles. The molecule has 0 N–H and O–H groups in total. The van der Waals surface area contributed by atoms with E-state index in [9.17, 15) is 19.2 Å². The van der Waals surface area contributed by atoms with Crippen molar-refractivity contribution in [2.75, 3.05) is 23.0 Å². The molecule has 2 aromatic rings. The maximum absolute atomic E-state index is 12.3. The minimum Gasteiger partial charge on any atom is -0.487 e. The van der Waals surface area contributed by atoms with Crippen LogP contribution in [0.3, 0.4) is 0 Å². The zero-order valence-electron chi connectivity index (χ0n) is 18.1. The van der Waals surface area contributed by atoms with E-state index >= 15 is 0 Å². The lowest BCUT2D eigenvalue weighted by molar-refractivity contribution is -0.121. The number of anilines is 2. The second-order valence-electron chi connectivity index (χ2n) is 7.25. The predicted octanol–water partition coefficient (Wildman–Crippen LogP) is 3.34. The molecule has 8 nitrogen and oxygen atoms in total. The van der Waals surface area contributed by atoms with E-state index in [1.165, 1.54) is 24.3 Å². The van der Waals surface area contributed by atoms with Crippen molar-refractivity contribution in [3.8, 4) is 22.6 Å². The first kappa shape index (κ1) is 22.5. The number of benzene rings is 2. The molecule has 8 heteroatoms. The summed E-state index contributed by atoms with van der Waals surface area (Å²) >= 11 is 0. The monoisotopic (exact) mass is 456 g/mol. The fourth-order valence-electron chi connectivity index (χ4n) is 3.56. The molecule has 4 amide bonds. The first-order valence-electron chi connectivity index (χ1n) is 10.3. The molecule has 2 heterocycles. The summed E-state index contributed by atoms with van der Waals surface area (Å²) in [5.74, 6) is -1.29. The summed E-state index contributed by atoms with van der Waals surface area (Å²) in [4.78, 5) is 51.4. The van der Waals surface area contributed by atoms with Gasteiger partial charge < -0.3 is 9.47 Å². The van der Waals surface area contributed by atoms with Gasteiger partial charge in [-0.15, -0.1) is 0 Å². The molecule has 0 aromatic heterocycles. The van der Waals surface area contributed by atoms with Gasteiger partial charge in [-0.3, -0.25) is 19.2 Å². The van der Waals surface area contributed by atoms with Gasteiger partial charge in [0.25, 0.3) is 23.6 Å². The summed E-state index contributed by atoms with van der Waals surface area (Å²) in [6.45, 7) is 7.60. The Hall–Kier alpha value is -4.72. The number of imide groups is 2. The molecule has 0 aliphatic carbocycles. The van der Waals surface area contributed by atoms with Crippen molar-refractivity contribution >= 4 is 35.0 Å². The maximum Gasteiger partial charge on any atom is 0.258 e. The summed E-state index contributed by atoms with van der Waals surface area (Å²) in [5, 5.41) is 0. The molecule has 0 unspecified atom stereocenters. The number of nitrogens with zero attached hydrogens (tertiary/aromatic N) is 2. The second-order valence-corrected chi connectivity index (χ2v) is 7.25. The Balaban J connectivity index is 1.80. The van der Waals surface area contributed by atoms with Crippen molar-refractivity contribution in [2.24, 2.45) is 0 Å². The fraction of sp³-hybridized carbons (Fsp3) is 0.0769. The van der Waals surface area contributed by atoms with Crippen molar-refractivity contribution in [1.82, 2.24) is 0 Å². The van der Waals surface area contributed by atoms with Crippen molar-refractivity contribution in [3.05, 3.63) is 86.0 Å². The molecule has 4 rings (SSSR count). The van der Waals surface area contributed by atoms with E-state index in [1.54, 1.807) is 48.6 Å². The van der Waals surface area contributed by atoms with Crippen LogP contribution in [0.2, 0.25) is 0 Å². The normalized spacial score (nSPS) is 14.8. The summed E-state index contributed by atoms with van der Waals surface area (Å²) in [6.07, 6.45) is 7.86. The molecule has 2 aliphatic heterocycles. The molecule has 0 bridgehead atoms. The zero-order chi connectivity index (χ0) is 24.2. The van der Waals surface area contributed by atoms with E-state index < -0.39 is 23.6 Å². The molecule has 0 saturated heterocycles. The van der Waals surface area contributed by atoms with E-state index in [4.69, 9.17) is 9.47 Å². The molecule has 0 fully saturated rings. The Kier molecular flexibility index (Phi) is 6.22.